The molecule has 15 heavy (non-hydrogen) atoms. The molecule has 0 bridgehead atoms. The van der Waals surface area contributed by atoms with Crippen LogP contribution in [0.5, 0.6) is 0 Å². The number of rotatable bonds is 3. The Hall–Kier alpha value is -1.52. The topological polar surface area (TPSA) is 67.6 Å². The molecular weight excluding hydrogens is 212 g/mol. The van der Waals surface area contributed by atoms with Gasteiger partial charge in [0.15, 0.2) is 0 Å². The highest BCUT2D eigenvalue weighted by Gasteiger charge is 2.04. The Morgan fingerprint density at radius 3 is 2.80 bits per heavy atom. The molecule has 0 amide bonds. The van der Waals surface area contributed by atoms with Gasteiger partial charge in [-0.2, -0.15) is 5.10 Å². The Morgan fingerprint density at radius 2 is 2.20 bits per heavy atom. The molecule has 5 heteroatoms. The second-order valence-corrected chi connectivity index (χ2v) is 3.31. The predicted octanol–water partition coefficient (Wildman–Crippen LogP) is 1.96. The lowest BCUT2D eigenvalue weighted by molar-refractivity contribution is 1.12. The fourth-order valence-electron chi connectivity index (χ4n) is 1.21. The molecule has 4 nitrogen and oxygen atoms in total. The summed E-state index contributed by atoms with van der Waals surface area (Å²) in [5.41, 5.74) is 1.69. The van der Waals surface area contributed by atoms with E-state index in [4.69, 9.17) is 23.3 Å². The first kappa shape index (κ1) is 11.6. The van der Waals surface area contributed by atoms with Crippen molar-refractivity contribution in [3.8, 4) is 0 Å². The van der Waals surface area contributed by atoms with Crippen molar-refractivity contribution < 1.29 is 0 Å². The molecule has 0 aromatic heterocycles. The Bertz CT molecular complexity index is 387. The normalized spacial score (nSPS) is 11.4. The van der Waals surface area contributed by atoms with Crippen LogP contribution in [0.15, 0.2) is 29.4 Å². The van der Waals surface area contributed by atoms with Gasteiger partial charge in [-0.1, -0.05) is 23.8 Å². The summed E-state index contributed by atoms with van der Waals surface area (Å²) in [6.45, 7) is 1.92. The predicted molar refractivity (Wildman–Crippen MR) is 65.5 cm³/mol. The van der Waals surface area contributed by atoms with Crippen LogP contribution in [0.3, 0.4) is 0 Å². The smallest absolute Gasteiger partial charge is 0.129 e. The molecule has 0 aliphatic heterocycles. The van der Waals surface area contributed by atoms with Crippen LogP contribution in [0.4, 0.5) is 5.69 Å². The van der Waals surface area contributed by atoms with Crippen molar-refractivity contribution in [1.82, 2.24) is 0 Å². The lowest BCUT2D eigenvalue weighted by Crippen LogP contribution is -2.30. The molecule has 1 rings (SSSR count). The summed E-state index contributed by atoms with van der Waals surface area (Å²) in [4.78, 5) is 0. The Balaban J connectivity index is 3.15. The van der Waals surface area contributed by atoms with Gasteiger partial charge < -0.3 is 5.84 Å². The highest BCUT2D eigenvalue weighted by Crippen LogP contribution is 2.23. The van der Waals surface area contributed by atoms with Crippen molar-refractivity contribution >= 4 is 29.7 Å². The zero-order valence-corrected chi connectivity index (χ0v) is 9.15. The summed E-state index contributed by atoms with van der Waals surface area (Å²) in [6.07, 6.45) is 5.14. The lowest BCUT2D eigenvalue weighted by atomic mass is 10.1. The molecule has 4 N–H and O–H groups in total. The quantitative estimate of drug-likeness (QED) is 0.357. The average molecular weight is 225 g/mol. The standard InChI is InChI=1S/C10H13ClN4/c1-2-3-8-6-9(11)4-5-10(8)15(13)7-14-12/h2-7H,12-13H2,1H3/b3-2+,14-7-. The Morgan fingerprint density at radius 1 is 1.47 bits per heavy atom. The third-order valence-electron chi connectivity index (χ3n) is 1.81. The summed E-state index contributed by atoms with van der Waals surface area (Å²) >= 11 is 5.88. The van der Waals surface area contributed by atoms with E-state index in [1.165, 1.54) is 11.3 Å². The number of nitrogens with two attached hydrogens (primary N) is 2. The summed E-state index contributed by atoms with van der Waals surface area (Å²) in [5.74, 6) is 10.7. The number of halogens is 1. The summed E-state index contributed by atoms with van der Waals surface area (Å²) in [5, 5.41) is 5.35. The van der Waals surface area contributed by atoms with Gasteiger partial charge in [0, 0.05) is 10.6 Å². The monoisotopic (exact) mass is 224 g/mol. The molecule has 0 fully saturated rings. The largest absolute Gasteiger partial charge is 0.322 e. The first-order valence-electron chi connectivity index (χ1n) is 4.38. The third kappa shape index (κ3) is 2.97. The van der Waals surface area contributed by atoms with Crippen molar-refractivity contribution in [3.63, 3.8) is 0 Å². The van der Waals surface area contributed by atoms with Crippen LogP contribution in [-0.2, 0) is 0 Å². The molecule has 0 saturated heterocycles. The van der Waals surface area contributed by atoms with Crippen LogP contribution in [-0.4, -0.2) is 6.34 Å². The summed E-state index contributed by atoms with van der Waals surface area (Å²) in [6, 6.07) is 5.38. The van der Waals surface area contributed by atoms with Crippen molar-refractivity contribution in [2.75, 3.05) is 5.01 Å². The SMILES string of the molecule is C/C=C/c1cc(Cl)ccc1N(N)/C=N\N. The first-order valence-corrected chi connectivity index (χ1v) is 4.76. The molecule has 0 unspecified atom stereocenters. The van der Waals surface area contributed by atoms with E-state index in [9.17, 15) is 0 Å². The number of anilines is 1. The van der Waals surface area contributed by atoms with Gasteiger partial charge in [-0.15, -0.1) is 0 Å². The summed E-state index contributed by atoms with van der Waals surface area (Å²) < 4.78 is 0. The highest BCUT2D eigenvalue weighted by molar-refractivity contribution is 6.30. The van der Waals surface area contributed by atoms with Crippen LogP contribution < -0.4 is 16.7 Å². The molecule has 0 heterocycles. The molecule has 1 aromatic rings. The number of allylic oxidation sites excluding steroid dienone is 1. The maximum Gasteiger partial charge on any atom is 0.129 e. The minimum absolute atomic E-state index is 0.657. The van der Waals surface area contributed by atoms with Gasteiger partial charge in [0.05, 0.1) is 5.69 Å². The first-order chi connectivity index (χ1) is 7.19. The molecular formula is C10H13ClN4. The maximum atomic E-state index is 5.88. The lowest BCUT2D eigenvalue weighted by Gasteiger charge is -2.15. The second-order valence-electron chi connectivity index (χ2n) is 2.87. The van der Waals surface area contributed by atoms with E-state index in [0.717, 1.165) is 11.3 Å². The fraction of sp³-hybridized carbons (Fsp3) is 0.100. The van der Waals surface area contributed by atoms with Gasteiger partial charge in [-0.25, -0.2) is 5.84 Å². The highest BCUT2D eigenvalue weighted by atomic mass is 35.5. The van der Waals surface area contributed by atoms with E-state index in [1.54, 1.807) is 12.1 Å². The number of hydrogen-bond donors (Lipinski definition) is 2. The second kappa shape index (κ2) is 5.38. The van der Waals surface area contributed by atoms with Crippen LogP contribution in [0.1, 0.15) is 12.5 Å². The molecule has 1 aromatic carbocycles. The number of benzene rings is 1. The molecule has 0 atom stereocenters. The minimum Gasteiger partial charge on any atom is -0.322 e. The van der Waals surface area contributed by atoms with E-state index < -0.39 is 0 Å². The Kier molecular flexibility index (Phi) is 4.15. The van der Waals surface area contributed by atoms with E-state index in [0.29, 0.717) is 5.02 Å². The van der Waals surface area contributed by atoms with Crippen LogP contribution >= 0.6 is 11.6 Å². The van der Waals surface area contributed by atoms with Gasteiger partial charge in [0.1, 0.15) is 6.34 Å². The van der Waals surface area contributed by atoms with Crippen LogP contribution in [0, 0.1) is 0 Å². The van der Waals surface area contributed by atoms with Crippen LogP contribution in [0.25, 0.3) is 6.08 Å². The van der Waals surface area contributed by atoms with Gasteiger partial charge >= 0.3 is 0 Å². The zero-order valence-electron chi connectivity index (χ0n) is 8.39. The number of hydrazine groups is 1. The number of hydrazone groups is 1. The van der Waals surface area contributed by atoms with E-state index in [-0.39, 0.29) is 0 Å². The fourth-order valence-corrected chi connectivity index (χ4v) is 1.39. The molecule has 0 aliphatic carbocycles. The molecule has 0 spiro atoms. The maximum absolute atomic E-state index is 5.88. The minimum atomic E-state index is 0.657. The van der Waals surface area contributed by atoms with Crippen LogP contribution in [0.2, 0.25) is 5.02 Å². The van der Waals surface area contributed by atoms with Crippen molar-refractivity contribution in [2.45, 2.75) is 6.92 Å². The van der Waals surface area contributed by atoms with E-state index in [1.807, 2.05) is 25.1 Å². The van der Waals surface area contributed by atoms with Crippen molar-refractivity contribution in [1.29, 1.82) is 0 Å². The van der Waals surface area contributed by atoms with Gasteiger partial charge in [-0.3, -0.25) is 5.01 Å². The molecule has 0 aliphatic rings. The van der Waals surface area contributed by atoms with E-state index >= 15 is 0 Å². The van der Waals surface area contributed by atoms with Gasteiger partial charge in [-0.05, 0) is 25.1 Å². The third-order valence-corrected chi connectivity index (χ3v) is 2.04. The molecule has 80 valence electrons. The average Bonchev–Trinajstić information content (AvgIpc) is 2.18. The number of nitrogens with zero attached hydrogens (tertiary/aromatic N) is 2. The summed E-state index contributed by atoms with van der Waals surface area (Å²) in [7, 11) is 0. The van der Waals surface area contributed by atoms with Crippen molar-refractivity contribution in [3.05, 3.63) is 34.9 Å². The Labute approximate surface area is 93.8 Å². The van der Waals surface area contributed by atoms with Crippen molar-refractivity contribution in [2.24, 2.45) is 16.8 Å². The zero-order chi connectivity index (χ0) is 11.3. The van der Waals surface area contributed by atoms with E-state index in [2.05, 4.69) is 5.10 Å². The number of hydrogen-bond acceptors (Lipinski definition) is 3. The molecule has 0 radical (unpaired) electrons. The molecule has 0 saturated carbocycles. The van der Waals surface area contributed by atoms with Gasteiger partial charge in [0.2, 0.25) is 0 Å². The van der Waals surface area contributed by atoms with Gasteiger partial charge in [0.25, 0.3) is 0 Å².